The molecule has 0 atom stereocenters. The number of hydrogen-bond donors (Lipinski definition) is 1. The third-order valence-electron chi connectivity index (χ3n) is 3.06. The number of allylic oxidation sites excluding steroid dienone is 2. The summed E-state index contributed by atoms with van der Waals surface area (Å²) in [7, 11) is 3.02. The predicted molar refractivity (Wildman–Crippen MR) is 75.8 cm³/mol. The SMILES string of the molecule is COC(OC)c1[nH]ccc(=O)c1OCC1=CCCC=C1. The summed E-state index contributed by atoms with van der Waals surface area (Å²) in [6.45, 7) is 0.358. The summed E-state index contributed by atoms with van der Waals surface area (Å²) in [4.78, 5) is 14.9. The first-order valence-electron chi connectivity index (χ1n) is 6.51. The predicted octanol–water partition coefficient (Wildman–Crippen LogP) is 2.32. The zero-order valence-electron chi connectivity index (χ0n) is 11.7. The molecule has 0 aromatic carbocycles. The van der Waals surface area contributed by atoms with Crippen LogP contribution in [0.3, 0.4) is 0 Å². The zero-order chi connectivity index (χ0) is 14.4. The summed E-state index contributed by atoms with van der Waals surface area (Å²) < 4.78 is 16.0. The van der Waals surface area contributed by atoms with Gasteiger partial charge in [0.15, 0.2) is 5.75 Å². The smallest absolute Gasteiger partial charge is 0.223 e. The number of nitrogens with one attached hydrogen (secondary N) is 1. The highest BCUT2D eigenvalue weighted by Gasteiger charge is 2.18. The molecule has 1 aliphatic carbocycles. The van der Waals surface area contributed by atoms with E-state index in [0.29, 0.717) is 12.3 Å². The number of ether oxygens (including phenoxy) is 3. The number of aromatic amines is 1. The quantitative estimate of drug-likeness (QED) is 0.811. The van der Waals surface area contributed by atoms with Crippen molar-refractivity contribution in [1.82, 2.24) is 4.98 Å². The number of H-pyrrole nitrogens is 1. The van der Waals surface area contributed by atoms with Crippen LogP contribution in [-0.4, -0.2) is 25.8 Å². The van der Waals surface area contributed by atoms with Crippen LogP contribution < -0.4 is 10.2 Å². The minimum absolute atomic E-state index is 0.196. The lowest BCUT2D eigenvalue weighted by Gasteiger charge is -2.17. The lowest BCUT2D eigenvalue weighted by Crippen LogP contribution is -2.17. The number of aromatic nitrogens is 1. The molecule has 1 aromatic heterocycles. The fourth-order valence-electron chi connectivity index (χ4n) is 2.07. The van der Waals surface area contributed by atoms with E-state index < -0.39 is 6.29 Å². The minimum Gasteiger partial charge on any atom is -0.483 e. The highest BCUT2D eigenvalue weighted by Crippen LogP contribution is 2.23. The molecule has 1 aliphatic rings. The van der Waals surface area contributed by atoms with E-state index in [1.54, 1.807) is 6.20 Å². The van der Waals surface area contributed by atoms with Crippen LogP contribution in [0.5, 0.6) is 5.75 Å². The average Bonchev–Trinajstić information content (AvgIpc) is 2.49. The highest BCUT2D eigenvalue weighted by molar-refractivity contribution is 5.30. The van der Waals surface area contributed by atoms with Crippen molar-refractivity contribution in [2.24, 2.45) is 0 Å². The molecule has 5 heteroatoms. The molecule has 0 aliphatic heterocycles. The Hall–Kier alpha value is -1.85. The molecule has 0 saturated carbocycles. The van der Waals surface area contributed by atoms with E-state index >= 15 is 0 Å². The third kappa shape index (κ3) is 3.37. The summed E-state index contributed by atoms with van der Waals surface area (Å²) in [5, 5.41) is 0. The molecular weight excluding hydrogens is 258 g/mol. The van der Waals surface area contributed by atoms with Gasteiger partial charge in [-0.05, 0) is 18.4 Å². The molecule has 0 spiro atoms. The maximum absolute atomic E-state index is 12.0. The van der Waals surface area contributed by atoms with Gasteiger partial charge in [0.1, 0.15) is 12.3 Å². The molecule has 5 nitrogen and oxygen atoms in total. The van der Waals surface area contributed by atoms with E-state index in [2.05, 4.69) is 17.1 Å². The van der Waals surface area contributed by atoms with Gasteiger partial charge < -0.3 is 19.2 Å². The first-order valence-corrected chi connectivity index (χ1v) is 6.51. The van der Waals surface area contributed by atoms with Crippen molar-refractivity contribution >= 4 is 0 Å². The summed E-state index contributed by atoms with van der Waals surface area (Å²) >= 11 is 0. The second-order valence-electron chi connectivity index (χ2n) is 4.44. The molecule has 20 heavy (non-hydrogen) atoms. The van der Waals surface area contributed by atoms with Gasteiger partial charge in [0.05, 0.1) is 0 Å². The van der Waals surface area contributed by atoms with Crippen molar-refractivity contribution in [3.63, 3.8) is 0 Å². The van der Waals surface area contributed by atoms with Crippen molar-refractivity contribution in [1.29, 1.82) is 0 Å². The van der Waals surface area contributed by atoms with Crippen molar-refractivity contribution in [2.45, 2.75) is 19.1 Å². The van der Waals surface area contributed by atoms with Crippen LogP contribution in [0.25, 0.3) is 0 Å². The summed E-state index contributed by atoms with van der Waals surface area (Å²) in [6.07, 6.45) is 9.18. The van der Waals surface area contributed by atoms with Gasteiger partial charge in [0, 0.05) is 26.5 Å². The first kappa shape index (κ1) is 14.6. The Balaban J connectivity index is 2.19. The maximum atomic E-state index is 12.0. The van der Waals surface area contributed by atoms with E-state index in [1.165, 1.54) is 20.3 Å². The topological polar surface area (TPSA) is 60.5 Å². The van der Waals surface area contributed by atoms with Gasteiger partial charge >= 0.3 is 0 Å². The fraction of sp³-hybridized carbons (Fsp3) is 0.400. The molecule has 1 heterocycles. The number of methoxy groups -OCH3 is 2. The fourth-order valence-corrected chi connectivity index (χ4v) is 2.07. The van der Waals surface area contributed by atoms with Crippen LogP contribution in [0.2, 0.25) is 0 Å². The normalized spacial score (nSPS) is 14.4. The number of pyridine rings is 1. The number of hydrogen-bond acceptors (Lipinski definition) is 4. The molecule has 0 saturated heterocycles. The van der Waals surface area contributed by atoms with Crippen molar-refractivity contribution in [3.8, 4) is 5.75 Å². The van der Waals surface area contributed by atoms with E-state index in [1.807, 2.05) is 6.08 Å². The Bertz CT molecular complexity index is 555. The standard InChI is InChI=1S/C15H19NO4/c1-18-15(19-2)13-14(12(17)8-9-16-13)20-10-11-6-4-3-5-7-11/h4,6-9,15H,3,5,10H2,1-2H3,(H,16,17). The molecular formula is C15H19NO4. The van der Waals surface area contributed by atoms with Crippen LogP contribution in [0, 0.1) is 0 Å². The van der Waals surface area contributed by atoms with Crippen LogP contribution in [-0.2, 0) is 9.47 Å². The minimum atomic E-state index is -0.658. The summed E-state index contributed by atoms with van der Waals surface area (Å²) in [5.74, 6) is 0.237. The van der Waals surface area contributed by atoms with E-state index in [9.17, 15) is 4.79 Å². The van der Waals surface area contributed by atoms with Gasteiger partial charge in [-0.3, -0.25) is 4.79 Å². The van der Waals surface area contributed by atoms with E-state index in [4.69, 9.17) is 14.2 Å². The highest BCUT2D eigenvalue weighted by atomic mass is 16.7. The van der Waals surface area contributed by atoms with Crippen LogP contribution in [0.1, 0.15) is 24.8 Å². The van der Waals surface area contributed by atoms with Crippen LogP contribution in [0.15, 0.2) is 40.9 Å². The van der Waals surface area contributed by atoms with Crippen LogP contribution in [0.4, 0.5) is 0 Å². The Kier molecular flexibility index (Phi) is 5.15. The Labute approximate surface area is 117 Å². The summed E-state index contributed by atoms with van der Waals surface area (Å²) in [5.41, 5.74) is 1.36. The van der Waals surface area contributed by atoms with Gasteiger partial charge in [-0.15, -0.1) is 0 Å². The zero-order valence-corrected chi connectivity index (χ0v) is 11.7. The largest absolute Gasteiger partial charge is 0.483 e. The lowest BCUT2D eigenvalue weighted by atomic mass is 10.1. The van der Waals surface area contributed by atoms with Gasteiger partial charge in [-0.2, -0.15) is 0 Å². The van der Waals surface area contributed by atoms with Gasteiger partial charge in [0.2, 0.25) is 11.7 Å². The van der Waals surface area contributed by atoms with Crippen molar-refractivity contribution in [3.05, 3.63) is 52.0 Å². The molecule has 0 fully saturated rings. The Morgan fingerprint density at radius 3 is 2.75 bits per heavy atom. The lowest BCUT2D eigenvalue weighted by molar-refractivity contribution is -0.109. The monoisotopic (exact) mass is 277 g/mol. The molecule has 0 bridgehead atoms. The molecule has 2 rings (SSSR count). The second-order valence-corrected chi connectivity index (χ2v) is 4.44. The first-order chi connectivity index (χ1) is 9.76. The Morgan fingerprint density at radius 1 is 1.30 bits per heavy atom. The number of rotatable bonds is 6. The van der Waals surface area contributed by atoms with Crippen LogP contribution >= 0.6 is 0 Å². The van der Waals surface area contributed by atoms with Crippen molar-refractivity contribution < 1.29 is 14.2 Å². The third-order valence-corrected chi connectivity index (χ3v) is 3.06. The molecule has 0 unspecified atom stereocenters. The summed E-state index contributed by atoms with van der Waals surface area (Å²) in [6, 6.07) is 1.42. The van der Waals surface area contributed by atoms with E-state index in [-0.39, 0.29) is 11.2 Å². The van der Waals surface area contributed by atoms with Crippen molar-refractivity contribution in [2.75, 3.05) is 20.8 Å². The molecule has 1 aromatic rings. The average molecular weight is 277 g/mol. The maximum Gasteiger partial charge on any atom is 0.223 e. The Morgan fingerprint density at radius 2 is 2.10 bits per heavy atom. The molecule has 1 N–H and O–H groups in total. The molecule has 108 valence electrons. The van der Waals surface area contributed by atoms with Gasteiger partial charge in [-0.25, -0.2) is 0 Å². The van der Waals surface area contributed by atoms with Gasteiger partial charge in [-0.1, -0.05) is 18.2 Å². The second kappa shape index (κ2) is 7.07. The van der Waals surface area contributed by atoms with Gasteiger partial charge in [0.25, 0.3) is 0 Å². The molecule has 0 amide bonds. The molecule has 0 radical (unpaired) electrons. The van der Waals surface area contributed by atoms with E-state index in [0.717, 1.165) is 18.4 Å².